The number of halogens is 1. The number of thiophene rings is 1. The van der Waals surface area contributed by atoms with Crippen LogP contribution in [0.5, 0.6) is 0 Å². The lowest BCUT2D eigenvalue weighted by Gasteiger charge is -2.10. The van der Waals surface area contributed by atoms with E-state index in [0.29, 0.717) is 21.1 Å². The Morgan fingerprint density at radius 1 is 1.42 bits per heavy atom. The van der Waals surface area contributed by atoms with E-state index in [1.807, 2.05) is 0 Å². The standard InChI is InChI=1S/C12H18BrNO3S2/c13-12-11(7-10(8-15)18-12)19(16,17)14-6-5-9-3-1-2-4-9/h7,9,14-15H,1-6,8H2. The molecule has 2 N–H and O–H groups in total. The van der Waals surface area contributed by atoms with Crippen LogP contribution in [0.25, 0.3) is 0 Å². The molecular formula is C12H18BrNO3S2. The van der Waals surface area contributed by atoms with E-state index in [1.54, 1.807) is 0 Å². The first-order valence-electron chi connectivity index (χ1n) is 6.41. The van der Waals surface area contributed by atoms with Crippen LogP contribution in [0.3, 0.4) is 0 Å². The molecule has 0 bridgehead atoms. The van der Waals surface area contributed by atoms with Crippen LogP contribution in [0.15, 0.2) is 14.7 Å². The summed E-state index contributed by atoms with van der Waals surface area (Å²) in [6, 6.07) is 1.52. The molecule has 0 saturated heterocycles. The van der Waals surface area contributed by atoms with Crippen LogP contribution < -0.4 is 4.72 Å². The highest BCUT2D eigenvalue weighted by Gasteiger charge is 2.21. The fourth-order valence-corrected chi connectivity index (χ4v) is 6.02. The summed E-state index contributed by atoms with van der Waals surface area (Å²) >= 11 is 4.49. The first-order valence-corrected chi connectivity index (χ1v) is 9.51. The lowest BCUT2D eigenvalue weighted by molar-refractivity contribution is 0.285. The van der Waals surface area contributed by atoms with Gasteiger partial charge in [0.25, 0.3) is 0 Å². The molecule has 1 heterocycles. The van der Waals surface area contributed by atoms with E-state index < -0.39 is 10.0 Å². The fraction of sp³-hybridized carbons (Fsp3) is 0.667. The predicted molar refractivity (Wildman–Crippen MR) is 79.7 cm³/mol. The van der Waals surface area contributed by atoms with Crippen molar-refractivity contribution in [3.05, 3.63) is 14.7 Å². The van der Waals surface area contributed by atoms with E-state index in [9.17, 15) is 8.42 Å². The second-order valence-corrected chi connectivity index (χ2v) is 9.04. The average molecular weight is 368 g/mol. The zero-order valence-electron chi connectivity index (χ0n) is 10.6. The number of hydrogen-bond donors (Lipinski definition) is 2. The fourth-order valence-electron chi connectivity index (χ4n) is 2.43. The number of aliphatic hydroxyl groups is 1. The van der Waals surface area contributed by atoms with Gasteiger partial charge in [0.05, 0.1) is 10.4 Å². The summed E-state index contributed by atoms with van der Waals surface area (Å²) < 4.78 is 27.5. The van der Waals surface area contributed by atoms with Gasteiger partial charge in [-0.3, -0.25) is 0 Å². The Kier molecular flexibility index (Phi) is 5.42. The summed E-state index contributed by atoms with van der Waals surface area (Å²) in [5.41, 5.74) is 0. The van der Waals surface area contributed by atoms with E-state index in [-0.39, 0.29) is 11.5 Å². The zero-order chi connectivity index (χ0) is 13.9. The first-order chi connectivity index (χ1) is 9.03. The molecule has 19 heavy (non-hydrogen) atoms. The van der Waals surface area contributed by atoms with Gasteiger partial charge in [-0.1, -0.05) is 25.7 Å². The van der Waals surface area contributed by atoms with Crippen LogP contribution in [-0.4, -0.2) is 20.1 Å². The van der Waals surface area contributed by atoms with Gasteiger partial charge in [-0.15, -0.1) is 11.3 Å². The van der Waals surface area contributed by atoms with Crippen LogP contribution in [0.2, 0.25) is 0 Å². The molecule has 2 rings (SSSR count). The van der Waals surface area contributed by atoms with Gasteiger partial charge in [-0.05, 0) is 34.3 Å². The minimum atomic E-state index is -3.47. The Morgan fingerprint density at radius 2 is 2.11 bits per heavy atom. The summed E-state index contributed by atoms with van der Waals surface area (Å²) in [4.78, 5) is 0.871. The maximum Gasteiger partial charge on any atom is 0.242 e. The Hall–Kier alpha value is 0.0500. The van der Waals surface area contributed by atoms with Gasteiger partial charge in [0.15, 0.2) is 0 Å². The molecule has 0 aliphatic heterocycles. The van der Waals surface area contributed by atoms with Crippen molar-refractivity contribution in [3.63, 3.8) is 0 Å². The largest absolute Gasteiger partial charge is 0.391 e. The summed E-state index contributed by atoms with van der Waals surface area (Å²) in [7, 11) is -3.47. The Labute approximate surface area is 126 Å². The number of aliphatic hydroxyl groups excluding tert-OH is 1. The zero-order valence-corrected chi connectivity index (χ0v) is 13.8. The molecule has 0 radical (unpaired) electrons. The minimum absolute atomic E-state index is 0.138. The minimum Gasteiger partial charge on any atom is -0.391 e. The van der Waals surface area contributed by atoms with Gasteiger partial charge in [-0.2, -0.15) is 0 Å². The van der Waals surface area contributed by atoms with Crippen molar-refractivity contribution in [3.8, 4) is 0 Å². The molecule has 1 aromatic heterocycles. The maximum absolute atomic E-state index is 12.1. The number of nitrogens with one attached hydrogen (secondary N) is 1. The van der Waals surface area contributed by atoms with Crippen LogP contribution >= 0.6 is 27.3 Å². The average Bonchev–Trinajstić information content (AvgIpc) is 2.98. The SMILES string of the molecule is O=S(=O)(NCCC1CCCC1)c1cc(CO)sc1Br. The monoisotopic (exact) mass is 367 g/mol. The lowest BCUT2D eigenvalue weighted by Crippen LogP contribution is -2.25. The molecule has 4 nitrogen and oxygen atoms in total. The van der Waals surface area contributed by atoms with Gasteiger partial charge < -0.3 is 5.11 Å². The van der Waals surface area contributed by atoms with Crippen LogP contribution in [0.4, 0.5) is 0 Å². The van der Waals surface area contributed by atoms with E-state index >= 15 is 0 Å². The van der Waals surface area contributed by atoms with Crippen molar-refractivity contribution in [1.82, 2.24) is 4.72 Å². The first kappa shape index (κ1) is 15.4. The molecular weight excluding hydrogens is 350 g/mol. The van der Waals surface area contributed by atoms with Gasteiger partial charge >= 0.3 is 0 Å². The molecule has 0 atom stereocenters. The third-order valence-corrected chi connectivity index (χ3v) is 7.17. The molecule has 0 amide bonds. The van der Waals surface area contributed by atoms with E-state index in [1.165, 1.54) is 43.1 Å². The van der Waals surface area contributed by atoms with Crippen molar-refractivity contribution in [2.45, 2.75) is 43.6 Å². The number of rotatable bonds is 6. The van der Waals surface area contributed by atoms with Crippen molar-refractivity contribution in [1.29, 1.82) is 0 Å². The van der Waals surface area contributed by atoms with E-state index in [2.05, 4.69) is 20.7 Å². The topological polar surface area (TPSA) is 66.4 Å². The molecule has 7 heteroatoms. The third-order valence-electron chi connectivity index (χ3n) is 3.47. The number of sulfonamides is 1. The Morgan fingerprint density at radius 3 is 2.68 bits per heavy atom. The van der Waals surface area contributed by atoms with E-state index in [0.717, 1.165) is 6.42 Å². The number of hydrogen-bond acceptors (Lipinski definition) is 4. The Balaban J connectivity index is 1.95. The van der Waals surface area contributed by atoms with E-state index in [4.69, 9.17) is 5.11 Å². The quantitative estimate of drug-likeness (QED) is 0.812. The van der Waals surface area contributed by atoms with Gasteiger partial charge in [0, 0.05) is 11.4 Å². The highest BCUT2D eigenvalue weighted by molar-refractivity contribution is 9.11. The predicted octanol–water partition coefficient (Wildman–Crippen LogP) is 2.86. The molecule has 0 aromatic carbocycles. The molecule has 108 valence electrons. The van der Waals surface area contributed by atoms with Crippen LogP contribution in [0.1, 0.15) is 37.0 Å². The molecule has 1 fully saturated rings. The summed E-state index contributed by atoms with van der Waals surface area (Å²) in [5.74, 6) is 0.668. The van der Waals surface area contributed by atoms with Gasteiger partial charge in [0.1, 0.15) is 4.90 Å². The smallest absolute Gasteiger partial charge is 0.242 e. The lowest BCUT2D eigenvalue weighted by atomic mass is 10.1. The second-order valence-electron chi connectivity index (χ2n) is 4.85. The Bertz CT molecular complexity index is 521. The normalized spacial score (nSPS) is 17.2. The second kappa shape index (κ2) is 6.67. The van der Waals surface area contributed by atoms with Crippen LogP contribution in [0, 0.1) is 5.92 Å². The molecule has 1 aliphatic rings. The summed E-state index contributed by atoms with van der Waals surface area (Å²) in [6.07, 6.45) is 5.89. The highest BCUT2D eigenvalue weighted by atomic mass is 79.9. The molecule has 0 unspecified atom stereocenters. The van der Waals surface area contributed by atoms with Crippen LogP contribution in [-0.2, 0) is 16.6 Å². The molecule has 0 spiro atoms. The van der Waals surface area contributed by atoms with Crippen molar-refractivity contribution >= 4 is 37.3 Å². The van der Waals surface area contributed by atoms with Crippen molar-refractivity contribution in [2.75, 3.05) is 6.54 Å². The molecule has 1 aliphatic carbocycles. The molecule has 1 saturated carbocycles. The van der Waals surface area contributed by atoms with Gasteiger partial charge in [0.2, 0.25) is 10.0 Å². The van der Waals surface area contributed by atoms with Crippen molar-refractivity contribution < 1.29 is 13.5 Å². The third kappa shape index (κ3) is 4.01. The van der Waals surface area contributed by atoms with Crippen molar-refractivity contribution in [2.24, 2.45) is 5.92 Å². The highest BCUT2D eigenvalue weighted by Crippen LogP contribution is 2.32. The summed E-state index contributed by atoms with van der Waals surface area (Å²) in [6.45, 7) is 0.352. The maximum atomic E-state index is 12.1. The van der Waals surface area contributed by atoms with Gasteiger partial charge in [-0.25, -0.2) is 13.1 Å². The summed E-state index contributed by atoms with van der Waals surface area (Å²) in [5, 5.41) is 9.04. The molecule has 1 aromatic rings.